The third-order valence-electron chi connectivity index (χ3n) is 8.36. The number of imidazole rings is 1. The Hall–Kier alpha value is -3.56. The molecule has 162 valence electrons. The molecule has 0 aromatic carbocycles. The summed E-state index contributed by atoms with van der Waals surface area (Å²) in [5.74, 6) is 2.36. The van der Waals surface area contributed by atoms with Gasteiger partial charge in [0, 0.05) is 35.8 Å². The molecule has 10 heteroatoms. The standard InChI is InChI=1S/C22H23N9O/c1-5-30-27-19(26-28-30)31-15-6-7-22-12-21(22,3)17-13(10-24-32-17)8-20(22,2)16(15)25-18(31)14-9-23-29(4)11-14/h5,9-11H,1,6-8,12H2,2-4H3/t20-,21?,22+/m1/s1. The van der Waals surface area contributed by atoms with E-state index in [1.807, 2.05) is 25.6 Å². The third-order valence-corrected chi connectivity index (χ3v) is 8.36. The van der Waals surface area contributed by atoms with Gasteiger partial charge in [-0.2, -0.15) is 5.10 Å². The van der Waals surface area contributed by atoms with Gasteiger partial charge >= 0.3 is 0 Å². The van der Waals surface area contributed by atoms with E-state index >= 15 is 0 Å². The average Bonchev–Trinajstić information content (AvgIpc) is 3.36. The highest BCUT2D eigenvalue weighted by molar-refractivity contribution is 5.61. The van der Waals surface area contributed by atoms with Gasteiger partial charge in [-0.3, -0.25) is 9.25 Å². The Labute approximate surface area is 183 Å². The zero-order valence-electron chi connectivity index (χ0n) is 18.3. The maximum atomic E-state index is 5.75. The van der Waals surface area contributed by atoms with Crippen molar-refractivity contribution in [1.29, 1.82) is 0 Å². The van der Waals surface area contributed by atoms with Crippen molar-refractivity contribution in [2.24, 2.45) is 12.5 Å². The SMILES string of the molecule is C=Cn1nnc(-n2c(-c3cnn(C)c3)nc3c2CC[C@@]24CC2(C)c2oncc2C[C@]34C)n1. The van der Waals surface area contributed by atoms with Crippen LogP contribution in [0.3, 0.4) is 0 Å². The van der Waals surface area contributed by atoms with Crippen LogP contribution in [0.1, 0.15) is 49.4 Å². The second-order valence-electron chi connectivity index (χ2n) is 9.84. The van der Waals surface area contributed by atoms with E-state index in [0.717, 1.165) is 54.2 Å². The van der Waals surface area contributed by atoms with Crippen molar-refractivity contribution in [3.63, 3.8) is 0 Å². The minimum absolute atomic E-state index is 0.00595. The highest BCUT2D eigenvalue weighted by atomic mass is 16.5. The first-order valence-corrected chi connectivity index (χ1v) is 10.9. The van der Waals surface area contributed by atoms with E-state index in [1.165, 1.54) is 16.6 Å². The highest BCUT2D eigenvalue weighted by Crippen LogP contribution is 2.79. The second kappa shape index (κ2) is 5.43. The lowest BCUT2D eigenvalue weighted by Gasteiger charge is -2.46. The lowest BCUT2D eigenvalue weighted by molar-refractivity contribution is 0.159. The number of rotatable bonds is 3. The first-order valence-electron chi connectivity index (χ1n) is 10.9. The van der Waals surface area contributed by atoms with Gasteiger partial charge in [0.2, 0.25) is 0 Å². The van der Waals surface area contributed by atoms with Crippen LogP contribution >= 0.6 is 0 Å². The van der Waals surface area contributed by atoms with Crippen LogP contribution in [-0.4, -0.2) is 44.7 Å². The maximum absolute atomic E-state index is 5.75. The smallest absolute Gasteiger partial charge is 0.276 e. The Morgan fingerprint density at radius 1 is 1.22 bits per heavy atom. The number of hydrogen-bond donors (Lipinski definition) is 0. The van der Waals surface area contributed by atoms with Gasteiger partial charge in [-0.25, -0.2) is 4.98 Å². The van der Waals surface area contributed by atoms with Gasteiger partial charge in [0.15, 0.2) is 5.82 Å². The number of aryl methyl sites for hydroxylation is 1. The van der Waals surface area contributed by atoms with E-state index in [1.54, 1.807) is 4.68 Å². The quantitative estimate of drug-likeness (QED) is 0.492. The molecule has 1 spiro atoms. The van der Waals surface area contributed by atoms with Crippen LogP contribution in [0.25, 0.3) is 23.5 Å². The van der Waals surface area contributed by atoms with Crippen LogP contribution < -0.4 is 0 Å². The van der Waals surface area contributed by atoms with E-state index in [-0.39, 0.29) is 16.2 Å². The number of aromatic nitrogens is 9. The molecule has 0 radical (unpaired) electrons. The van der Waals surface area contributed by atoms with Crippen molar-refractivity contribution in [3.05, 3.63) is 47.9 Å². The molecular weight excluding hydrogens is 406 g/mol. The van der Waals surface area contributed by atoms with Crippen LogP contribution in [0.4, 0.5) is 0 Å². The van der Waals surface area contributed by atoms with Crippen molar-refractivity contribution < 1.29 is 4.52 Å². The Balaban J connectivity index is 1.49. The largest absolute Gasteiger partial charge is 0.361 e. The van der Waals surface area contributed by atoms with Crippen LogP contribution in [0.15, 0.2) is 29.7 Å². The third kappa shape index (κ3) is 1.88. The van der Waals surface area contributed by atoms with Crippen molar-refractivity contribution >= 4 is 6.20 Å². The van der Waals surface area contributed by atoms with Crippen LogP contribution in [0, 0.1) is 5.41 Å². The van der Waals surface area contributed by atoms with Crippen LogP contribution in [-0.2, 0) is 30.7 Å². The predicted octanol–water partition coefficient (Wildman–Crippen LogP) is 2.46. The summed E-state index contributed by atoms with van der Waals surface area (Å²) in [6.07, 6.45) is 11.1. The molecule has 1 unspecified atom stereocenters. The summed E-state index contributed by atoms with van der Waals surface area (Å²) in [6.45, 7) is 8.44. The van der Waals surface area contributed by atoms with Gasteiger partial charge in [-0.05, 0) is 36.3 Å². The van der Waals surface area contributed by atoms with Crippen molar-refractivity contribution in [1.82, 2.24) is 44.7 Å². The molecule has 3 aliphatic rings. The molecule has 0 bridgehead atoms. The monoisotopic (exact) mass is 429 g/mol. The van der Waals surface area contributed by atoms with Gasteiger partial charge in [-0.15, -0.1) is 9.90 Å². The summed E-state index contributed by atoms with van der Waals surface area (Å²) in [4.78, 5) is 6.66. The normalized spacial score (nSPS) is 29.7. The molecule has 0 aliphatic heterocycles. The van der Waals surface area contributed by atoms with Gasteiger partial charge in [0.1, 0.15) is 5.76 Å². The minimum Gasteiger partial charge on any atom is -0.361 e. The molecule has 1 fully saturated rings. The number of nitrogens with zero attached hydrogens (tertiary/aromatic N) is 9. The molecule has 32 heavy (non-hydrogen) atoms. The summed E-state index contributed by atoms with van der Waals surface area (Å²) >= 11 is 0. The van der Waals surface area contributed by atoms with E-state index < -0.39 is 0 Å². The molecule has 1 saturated carbocycles. The average molecular weight is 429 g/mol. The molecule has 4 heterocycles. The zero-order valence-corrected chi connectivity index (χ0v) is 18.3. The van der Waals surface area contributed by atoms with Crippen molar-refractivity contribution in [2.75, 3.05) is 0 Å². The number of fused-ring (bicyclic) bond motifs is 4. The topological polar surface area (TPSA) is 105 Å². The van der Waals surface area contributed by atoms with Crippen molar-refractivity contribution in [2.45, 2.75) is 50.4 Å². The molecule has 0 amide bonds. The van der Waals surface area contributed by atoms with Gasteiger partial charge in [-0.1, -0.05) is 30.7 Å². The number of hydrogen-bond acceptors (Lipinski definition) is 7. The Bertz CT molecular complexity index is 1420. The fourth-order valence-electron chi connectivity index (χ4n) is 6.79. The van der Waals surface area contributed by atoms with Crippen molar-refractivity contribution in [3.8, 4) is 17.3 Å². The summed E-state index contributed by atoms with van der Waals surface area (Å²) in [6, 6.07) is 0. The van der Waals surface area contributed by atoms with E-state index in [9.17, 15) is 0 Å². The van der Waals surface area contributed by atoms with Crippen LogP contribution in [0.5, 0.6) is 0 Å². The highest BCUT2D eigenvalue weighted by Gasteiger charge is 2.78. The van der Waals surface area contributed by atoms with E-state index in [2.05, 4.69) is 50.7 Å². The Kier molecular flexibility index (Phi) is 3.06. The summed E-state index contributed by atoms with van der Waals surface area (Å²) in [5.41, 5.74) is 4.38. The first kappa shape index (κ1) is 18.1. The molecule has 0 N–H and O–H groups in total. The van der Waals surface area contributed by atoms with E-state index in [0.29, 0.717) is 5.95 Å². The second-order valence-corrected chi connectivity index (χ2v) is 9.84. The fraction of sp³-hybridized carbons (Fsp3) is 0.455. The maximum Gasteiger partial charge on any atom is 0.276 e. The van der Waals surface area contributed by atoms with Gasteiger partial charge < -0.3 is 4.52 Å². The summed E-state index contributed by atoms with van der Waals surface area (Å²) < 4.78 is 9.59. The predicted molar refractivity (Wildman–Crippen MR) is 114 cm³/mol. The Morgan fingerprint density at radius 3 is 2.84 bits per heavy atom. The summed E-state index contributed by atoms with van der Waals surface area (Å²) in [7, 11) is 1.91. The molecule has 3 atom stereocenters. The minimum atomic E-state index is -0.134. The van der Waals surface area contributed by atoms with Crippen LogP contribution in [0.2, 0.25) is 0 Å². The molecule has 10 nitrogen and oxygen atoms in total. The zero-order chi connectivity index (χ0) is 21.9. The molecular formula is C22H23N9O. The first-order chi connectivity index (χ1) is 15.4. The summed E-state index contributed by atoms with van der Waals surface area (Å²) in [5, 5.41) is 21.4. The molecule has 7 rings (SSSR count). The molecule has 4 aromatic heterocycles. The molecule has 0 saturated heterocycles. The molecule has 3 aliphatic carbocycles. The van der Waals surface area contributed by atoms with E-state index in [4.69, 9.17) is 9.51 Å². The van der Waals surface area contributed by atoms with Gasteiger partial charge in [0.25, 0.3) is 5.95 Å². The number of tetrazole rings is 1. The Morgan fingerprint density at radius 2 is 2.09 bits per heavy atom. The fourth-order valence-corrected chi connectivity index (χ4v) is 6.79. The van der Waals surface area contributed by atoms with Gasteiger partial charge in [0.05, 0.1) is 29.3 Å². The lowest BCUT2D eigenvalue weighted by Crippen LogP contribution is -2.47. The molecule has 4 aromatic rings. The lowest BCUT2D eigenvalue weighted by atomic mass is 9.56.